The molecule has 1 aromatic heterocycles. The third-order valence-corrected chi connectivity index (χ3v) is 5.85. The third-order valence-electron chi connectivity index (χ3n) is 5.85. The minimum atomic E-state index is -2.82. The zero-order chi connectivity index (χ0) is 25.1. The van der Waals surface area contributed by atoms with Crippen molar-refractivity contribution in [3.05, 3.63) is 66.7 Å². The number of fused-ring (bicyclic) bond motifs is 1. The molecule has 3 rings (SSSR count). The van der Waals surface area contributed by atoms with Crippen LogP contribution >= 0.6 is 0 Å². The second-order valence-corrected chi connectivity index (χ2v) is 8.75. The van der Waals surface area contributed by atoms with Gasteiger partial charge < -0.3 is 13.9 Å². The second-order valence-electron chi connectivity index (χ2n) is 8.75. The molecule has 0 spiro atoms. The Bertz CT molecular complexity index is 1090. The van der Waals surface area contributed by atoms with Crippen LogP contribution in [0.2, 0.25) is 0 Å². The van der Waals surface area contributed by atoms with Gasteiger partial charge in [-0.15, -0.1) is 0 Å². The van der Waals surface area contributed by atoms with Gasteiger partial charge in [-0.1, -0.05) is 50.6 Å². The molecule has 4 nitrogen and oxygen atoms in total. The maximum absolute atomic E-state index is 14.0. The first-order chi connectivity index (χ1) is 16.9. The molecule has 6 heteroatoms. The molecule has 0 aliphatic rings. The van der Waals surface area contributed by atoms with Crippen LogP contribution in [0, 0.1) is 0 Å². The quantitative estimate of drug-likeness (QED) is 0.124. The molecule has 188 valence electrons. The van der Waals surface area contributed by atoms with Crippen LogP contribution in [0.25, 0.3) is 22.3 Å². The molecule has 0 radical (unpaired) electrons. The average molecular weight is 485 g/mol. The zero-order valence-corrected chi connectivity index (χ0v) is 20.4. The van der Waals surface area contributed by atoms with Crippen molar-refractivity contribution in [2.24, 2.45) is 0 Å². The van der Waals surface area contributed by atoms with Crippen LogP contribution in [0.5, 0.6) is 5.75 Å². The van der Waals surface area contributed by atoms with E-state index in [9.17, 15) is 13.6 Å². The van der Waals surface area contributed by atoms with Gasteiger partial charge in [-0.2, -0.15) is 0 Å². The number of ether oxygens (including phenoxy) is 2. The molecule has 0 amide bonds. The molecule has 0 atom stereocenters. The number of carbonyl (C=O) groups excluding carboxylic acids is 1. The van der Waals surface area contributed by atoms with E-state index in [1.54, 1.807) is 6.07 Å². The Morgan fingerprint density at radius 3 is 2.46 bits per heavy atom. The SMILES string of the molecule is C=CC(=O)OCCCC(F)(F)CCCOc1ccc2cc(-c3ccc(CCCCC)cc3)oc2c1. The molecular formula is C29H34F2O4. The minimum Gasteiger partial charge on any atom is -0.493 e. The summed E-state index contributed by atoms with van der Waals surface area (Å²) in [5.74, 6) is -2.05. The summed E-state index contributed by atoms with van der Waals surface area (Å²) >= 11 is 0. The van der Waals surface area contributed by atoms with Crippen LogP contribution in [0.15, 0.2) is 65.6 Å². The Labute approximate surface area is 205 Å². The van der Waals surface area contributed by atoms with Crippen LogP contribution in [0.3, 0.4) is 0 Å². The van der Waals surface area contributed by atoms with Crippen molar-refractivity contribution in [3.8, 4) is 17.1 Å². The van der Waals surface area contributed by atoms with Gasteiger partial charge >= 0.3 is 5.97 Å². The molecule has 0 N–H and O–H groups in total. The zero-order valence-electron chi connectivity index (χ0n) is 20.4. The summed E-state index contributed by atoms with van der Waals surface area (Å²) in [6.45, 7) is 5.61. The van der Waals surface area contributed by atoms with E-state index in [4.69, 9.17) is 13.9 Å². The van der Waals surface area contributed by atoms with Crippen LogP contribution in [0.4, 0.5) is 8.78 Å². The highest BCUT2D eigenvalue weighted by atomic mass is 19.3. The highest BCUT2D eigenvalue weighted by Crippen LogP contribution is 2.31. The van der Waals surface area contributed by atoms with Crippen molar-refractivity contribution in [2.45, 2.75) is 64.2 Å². The van der Waals surface area contributed by atoms with Gasteiger partial charge in [0.05, 0.1) is 13.2 Å². The highest BCUT2D eigenvalue weighted by Gasteiger charge is 2.27. The first-order valence-corrected chi connectivity index (χ1v) is 12.3. The number of rotatable bonds is 15. The number of unbranched alkanes of at least 4 members (excludes halogenated alkanes) is 2. The van der Waals surface area contributed by atoms with Gasteiger partial charge in [0.2, 0.25) is 5.92 Å². The monoisotopic (exact) mass is 484 g/mol. The van der Waals surface area contributed by atoms with Gasteiger partial charge in [-0.3, -0.25) is 0 Å². The number of alkyl halides is 2. The van der Waals surface area contributed by atoms with Gasteiger partial charge in [-0.05, 0) is 49.4 Å². The number of esters is 1. The largest absolute Gasteiger partial charge is 0.493 e. The summed E-state index contributed by atoms with van der Waals surface area (Å²) in [5.41, 5.74) is 3.05. The lowest BCUT2D eigenvalue weighted by molar-refractivity contribution is -0.138. The van der Waals surface area contributed by atoms with Crippen LogP contribution in [-0.2, 0) is 16.0 Å². The molecule has 3 aromatic rings. The average Bonchev–Trinajstić information content (AvgIpc) is 3.28. The van der Waals surface area contributed by atoms with Gasteiger partial charge in [0.1, 0.15) is 17.1 Å². The first kappa shape index (κ1) is 26.5. The topological polar surface area (TPSA) is 48.7 Å². The molecule has 2 aromatic carbocycles. The fraction of sp³-hybridized carbons (Fsp3) is 0.414. The summed E-state index contributed by atoms with van der Waals surface area (Å²) in [4.78, 5) is 10.9. The molecule has 0 unspecified atom stereocenters. The van der Waals surface area contributed by atoms with Crippen LogP contribution in [0.1, 0.15) is 57.4 Å². The first-order valence-electron chi connectivity index (χ1n) is 12.3. The van der Waals surface area contributed by atoms with Crippen molar-refractivity contribution in [2.75, 3.05) is 13.2 Å². The van der Waals surface area contributed by atoms with E-state index in [2.05, 4.69) is 37.8 Å². The number of benzene rings is 2. The molecule has 0 aliphatic heterocycles. The normalized spacial score (nSPS) is 11.5. The van der Waals surface area contributed by atoms with E-state index in [1.807, 2.05) is 18.2 Å². The molecule has 0 fully saturated rings. The number of hydrogen-bond acceptors (Lipinski definition) is 4. The van der Waals surface area contributed by atoms with Crippen molar-refractivity contribution in [1.82, 2.24) is 0 Å². The number of halogens is 2. The lowest BCUT2D eigenvalue weighted by Gasteiger charge is -2.16. The molecule has 0 aliphatic carbocycles. The molecule has 0 bridgehead atoms. The fourth-order valence-corrected chi connectivity index (χ4v) is 3.87. The number of furan rings is 1. The lowest BCUT2D eigenvalue weighted by atomic mass is 10.0. The number of hydrogen-bond donors (Lipinski definition) is 0. The molecular weight excluding hydrogens is 450 g/mol. The predicted molar refractivity (Wildman–Crippen MR) is 135 cm³/mol. The predicted octanol–water partition coefficient (Wildman–Crippen LogP) is 8.14. The van der Waals surface area contributed by atoms with Gasteiger partial charge in [0.25, 0.3) is 0 Å². The molecule has 0 saturated carbocycles. The number of carbonyl (C=O) groups is 1. The lowest BCUT2D eigenvalue weighted by Crippen LogP contribution is -2.18. The highest BCUT2D eigenvalue weighted by molar-refractivity contribution is 5.84. The Kier molecular flexibility index (Phi) is 9.88. The maximum Gasteiger partial charge on any atom is 0.330 e. The minimum absolute atomic E-state index is 0.0365. The van der Waals surface area contributed by atoms with Crippen molar-refractivity contribution in [1.29, 1.82) is 0 Å². The summed E-state index contributed by atoms with van der Waals surface area (Å²) < 4.78 is 44.4. The van der Waals surface area contributed by atoms with E-state index in [0.717, 1.165) is 29.2 Å². The van der Waals surface area contributed by atoms with E-state index < -0.39 is 11.9 Å². The number of aryl methyl sites for hydroxylation is 1. The Hall–Kier alpha value is -3.15. The molecule has 35 heavy (non-hydrogen) atoms. The Morgan fingerprint density at radius 1 is 1.00 bits per heavy atom. The van der Waals surface area contributed by atoms with E-state index in [1.165, 1.54) is 24.8 Å². The molecule has 0 saturated heterocycles. The Morgan fingerprint density at radius 2 is 1.74 bits per heavy atom. The van der Waals surface area contributed by atoms with E-state index >= 15 is 0 Å². The standard InChI is InChI=1S/C29H34F2O4/c1-3-5-6-9-22-10-12-23(13-11-22)26-20-24-14-15-25(21-27(24)35-26)33-18-7-16-29(30,31)17-8-19-34-28(32)4-2/h4,10-15,20-21H,2-3,5-9,16-19H2,1H3. The smallest absolute Gasteiger partial charge is 0.330 e. The van der Waals surface area contributed by atoms with Crippen molar-refractivity contribution in [3.63, 3.8) is 0 Å². The third kappa shape index (κ3) is 8.53. The van der Waals surface area contributed by atoms with Crippen molar-refractivity contribution >= 4 is 16.9 Å². The van der Waals surface area contributed by atoms with E-state index in [0.29, 0.717) is 11.3 Å². The summed E-state index contributed by atoms with van der Waals surface area (Å²) in [7, 11) is 0. The van der Waals surface area contributed by atoms with Crippen LogP contribution in [-0.4, -0.2) is 25.1 Å². The van der Waals surface area contributed by atoms with Gasteiger partial charge in [0, 0.05) is 35.9 Å². The van der Waals surface area contributed by atoms with Gasteiger partial charge in [-0.25, -0.2) is 13.6 Å². The summed E-state index contributed by atoms with van der Waals surface area (Å²) in [6, 6.07) is 16.0. The van der Waals surface area contributed by atoms with Gasteiger partial charge in [0.15, 0.2) is 0 Å². The van der Waals surface area contributed by atoms with Crippen LogP contribution < -0.4 is 4.74 Å². The fourth-order valence-electron chi connectivity index (χ4n) is 3.87. The van der Waals surface area contributed by atoms with E-state index in [-0.39, 0.29) is 38.9 Å². The summed E-state index contributed by atoms with van der Waals surface area (Å²) in [6.07, 6.45) is 5.46. The molecule has 1 heterocycles. The maximum atomic E-state index is 14.0. The second kappa shape index (κ2) is 13.1. The Balaban J connectivity index is 1.47. The van der Waals surface area contributed by atoms with Crippen molar-refractivity contribution < 1.29 is 27.5 Å². The summed E-state index contributed by atoms with van der Waals surface area (Å²) in [5, 5.41) is 0.961.